The van der Waals surface area contributed by atoms with Crippen molar-refractivity contribution in [3.8, 4) is 0 Å². The Morgan fingerprint density at radius 3 is 2.35 bits per heavy atom. The predicted octanol–water partition coefficient (Wildman–Crippen LogP) is 3.69. The molecule has 110 valence electrons. The Hall–Kier alpha value is -1.35. The van der Waals surface area contributed by atoms with E-state index in [1.807, 2.05) is 24.3 Å². The Labute approximate surface area is 121 Å². The maximum atomic E-state index is 10.9. The van der Waals surface area contributed by atoms with Gasteiger partial charge >= 0.3 is 5.97 Å². The van der Waals surface area contributed by atoms with Gasteiger partial charge in [0.2, 0.25) is 0 Å². The molecule has 1 aliphatic rings. The van der Waals surface area contributed by atoms with Crippen molar-refractivity contribution in [3.05, 3.63) is 35.4 Å². The topological polar surface area (TPSA) is 49.3 Å². The van der Waals surface area contributed by atoms with Gasteiger partial charge in [0.25, 0.3) is 0 Å². The highest BCUT2D eigenvalue weighted by Crippen LogP contribution is 2.19. The van der Waals surface area contributed by atoms with Crippen molar-refractivity contribution in [2.45, 2.75) is 64.0 Å². The number of hydrogen-bond donors (Lipinski definition) is 2. The summed E-state index contributed by atoms with van der Waals surface area (Å²) in [6.07, 6.45) is 8.00. The molecule has 0 bridgehead atoms. The zero-order chi connectivity index (χ0) is 14.4. The molecule has 0 heterocycles. The van der Waals surface area contributed by atoms with Gasteiger partial charge in [0.15, 0.2) is 0 Å². The van der Waals surface area contributed by atoms with Crippen LogP contribution in [0.5, 0.6) is 0 Å². The van der Waals surface area contributed by atoms with Crippen LogP contribution in [0.15, 0.2) is 24.3 Å². The van der Waals surface area contributed by atoms with Gasteiger partial charge in [0.1, 0.15) is 0 Å². The maximum Gasteiger partial charge on any atom is 0.310 e. The van der Waals surface area contributed by atoms with Gasteiger partial charge in [-0.1, -0.05) is 49.9 Å². The molecule has 1 aliphatic carbocycles. The van der Waals surface area contributed by atoms with Gasteiger partial charge in [0, 0.05) is 12.6 Å². The first-order chi connectivity index (χ1) is 9.66. The minimum absolute atomic E-state index is 0.432. The molecule has 0 aromatic heterocycles. The van der Waals surface area contributed by atoms with E-state index in [9.17, 15) is 4.79 Å². The van der Waals surface area contributed by atoms with Crippen LogP contribution in [0.1, 0.15) is 62.5 Å². The minimum atomic E-state index is -0.769. The van der Waals surface area contributed by atoms with E-state index in [1.165, 1.54) is 44.1 Å². The van der Waals surface area contributed by atoms with E-state index < -0.39 is 11.9 Å². The molecule has 0 amide bonds. The Morgan fingerprint density at radius 2 is 1.80 bits per heavy atom. The van der Waals surface area contributed by atoms with Crippen molar-refractivity contribution in [3.63, 3.8) is 0 Å². The van der Waals surface area contributed by atoms with Gasteiger partial charge in [-0.2, -0.15) is 0 Å². The third kappa shape index (κ3) is 4.34. The highest BCUT2D eigenvalue weighted by molar-refractivity contribution is 5.75. The molecule has 20 heavy (non-hydrogen) atoms. The molecule has 1 unspecified atom stereocenters. The molecule has 0 radical (unpaired) electrons. The fraction of sp³-hybridized carbons (Fsp3) is 0.588. The summed E-state index contributed by atoms with van der Waals surface area (Å²) in [5.74, 6) is -1.20. The van der Waals surface area contributed by atoms with E-state index in [2.05, 4.69) is 5.32 Å². The van der Waals surface area contributed by atoms with Crippen LogP contribution in [0.4, 0.5) is 0 Å². The third-order valence-electron chi connectivity index (χ3n) is 4.30. The number of aliphatic carboxylic acids is 1. The van der Waals surface area contributed by atoms with Gasteiger partial charge < -0.3 is 10.4 Å². The lowest BCUT2D eigenvalue weighted by Gasteiger charge is -2.16. The first-order valence-electron chi connectivity index (χ1n) is 7.72. The van der Waals surface area contributed by atoms with E-state index >= 15 is 0 Å². The van der Waals surface area contributed by atoms with E-state index in [0.717, 1.165) is 12.1 Å². The van der Waals surface area contributed by atoms with Crippen molar-refractivity contribution < 1.29 is 9.90 Å². The molecule has 0 aliphatic heterocycles. The number of benzene rings is 1. The van der Waals surface area contributed by atoms with Crippen LogP contribution in [-0.4, -0.2) is 17.1 Å². The number of rotatable bonds is 5. The molecular weight excluding hydrogens is 250 g/mol. The van der Waals surface area contributed by atoms with E-state index in [1.54, 1.807) is 6.92 Å². The Balaban J connectivity index is 1.85. The van der Waals surface area contributed by atoms with Crippen LogP contribution in [0.25, 0.3) is 0 Å². The Kier molecular flexibility index (Phi) is 5.60. The van der Waals surface area contributed by atoms with Gasteiger partial charge in [-0.25, -0.2) is 0 Å². The second kappa shape index (κ2) is 7.44. The van der Waals surface area contributed by atoms with Crippen LogP contribution in [0, 0.1) is 0 Å². The van der Waals surface area contributed by atoms with Crippen molar-refractivity contribution >= 4 is 5.97 Å². The smallest absolute Gasteiger partial charge is 0.310 e. The summed E-state index contributed by atoms with van der Waals surface area (Å²) in [5, 5.41) is 12.6. The minimum Gasteiger partial charge on any atom is -0.481 e. The molecule has 2 rings (SSSR count). The highest BCUT2D eigenvalue weighted by Gasteiger charge is 2.14. The van der Waals surface area contributed by atoms with Crippen LogP contribution in [-0.2, 0) is 11.3 Å². The summed E-state index contributed by atoms with van der Waals surface area (Å²) < 4.78 is 0. The lowest BCUT2D eigenvalue weighted by atomic mass is 10.00. The summed E-state index contributed by atoms with van der Waals surface area (Å²) in [6, 6.07) is 8.60. The number of carboxylic acid groups (broad SMARTS) is 1. The SMILES string of the molecule is CC(C(=O)O)c1ccc(CNC2CCCCCC2)cc1. The molecule has 1 aromatic rings. The highest BCUT2D eigenvalue weighted by atomic mass is 16.4. The standard InChI is InChI=1S/C17H25NO2/c1-13(17(19)20)15-10-8-14(9-11-15)12-18-16-6-4-2-3-5-7-16/h8-11,13,16,18H,2-7,12H2,1H3,(H,19,20). The number of carboxylic acids is 1. The second-order valence-corrected chi connectivity index (χ2v) is 5.87. The second-order valence-electron chi connectivity index (χ2n) is 5.87. The van der Waals surface area contributed by atoms with E-state index in [4.69, 9.17) is 5.11 Å². The normalized spacial score (nSPS) is 18.4. The fourth-order valence-corrected chi connectivity index (χ4v) is 2.81. The number of hydrogen-bond acceptors (Lipinski definition) is 2. The van der Waals surface area contributed by atoms with Gasteiger partial charge in [-0.3, -0.25) is 4.79 Å². The van der Waals surface area contributed by atoms with Crippen molar-refractivity contribution in [1.82, 2.24) is 5.32 Å². The average Bonchev–Trinajstić information content (AvgIpc) is 2.73. The Bertz CT molecular complexity index is 419. The van der Waals surface area contributed by atoms with Gasteiger partial charge in [0.05, 0.1) is 5.92 Å². The quantitative estimate of drug-likeness (QED) is 0.806. The first kappa shape index (κ1) is 15.0. The first-order valence-corrected chi connectivity index (χ1v) is 7.72. The van der Waals surface area contributed by atoms with Gasteiger partial charge in [-0.15, -0.1) is 0 Å². The van der Waals surface area contributed by atoms with Crippen LogP contribution >= 0.6 is 0 Å². The van der Waals surface area contributed by atoms with E-state index in [-0.39, 0.29) is 0 Å². The lowest BCUT2D eigenvalue weighted by molar-refractivity contribution is -0.138. The number of nitrogens with one attached hydrogen (secondary N) is 1. The fourth-order valence-electron chi connectivity index (χ4n) is 2.81. The third-order valence-corrected chi connectivity index (χ3v) is 4.30. The van der Waals surface area contributed by atoms with Crippen LogP contribution in [0.2, 0.25) is 0 Å². The number of carbonyl (C=O) groups is 1. The summed E-state index contributed by atoms with van der Waals surface area (Å²) >= 11 is 0. The van der Waals surface area contributed by atoms with Crippen LogP contribution < -0.4 is 5.32 Å². The molecule has 1 fully saturated rings. The van der Waals surface area contributed by atoms with Crippen molar-refractivity contribution in [1.29, 1.82) is 0 Å². The molecule has 1 atom stereocenters. The summed E-state index contributed by atoms with van der Waals surface area (Å²) in [4.78, 5) is 10.9. The predicted molar refractivity (Wildman–Crippen MR) is 80.8 cm³/mol. The molecule has 2 N–H and O–H groups in total. The molecule has 0 saturated heterocycles. The molecule has 0 spiro atoms. The average molecular weight is 275 g/mol. The zero-order valence-corrected chi connectivity index (χ0v) is 12.3. The van der Waals surface area contributed by atoms with Crippen LogP contribution in [0.3, 0.4) is 0 Å². The lowest BCUT2D eigenvalue weighted by Crippen LogP contribution is -2.27. The molecule has 3 heteroatoms. The largest absolute Gasteiger partial charge is 0.481 e. The summed E-state index contributed by atoms with van der Waals surface area (Å²) in [5.41, 5.74) is 2.10. The summed E-state index contributed by atoms with van der Waals surface area (Å²) in [7, 11) is 0. The maximum absolute atomic E-state index is 10.9. The van der Waals surface area contributed by atoms with Crippen molar-refractivity contribution in [2.24, 2.45) is 0 Å². The zero-order valence-electron chi connectivity index (χ0n) is 12.3. The van der Waals surface area contributed by atoms with Crippen molar-refractivity contribution in [2.75, 3.05) is 0 Å². The molecular formula is C17H25NO2. The summed E-state index contributed by atoms with van der Waals surface area (Å²) in [6.45, 7) is 2.60. The Morgan fingerprint density at radius 1 is 1.20 bits per heavy atom. The van der Waals surface area contributed by atoms with E-state index in [0.29, 0.717) is 6.04 Å². The molecule has 1 saturated carbocycles. The molecule has 3 nitrogen and oxygen atoms in total. The van der Waals surface area contributed by atoms with Gasteiger partial charge in [-0.05, 0) is 30.9 Å². The monoisotopic (exact) mass is 275 g/mol. The molecule has 1 aromatic carbocycles.